The number of carbonyl (C=O) groups is 1. The second-order valence-electron chi connectivity index (χ2n) is 6.09. The molecule has 0 aliphatic heterocycles. The summed E-state index contributed by atoms with van der Waals surface area (Å²) in [6.07, 6.45) is 0. The van der Waals surface area contributed by atoms with Crippen LogP contribution >= 0.6 is 23.2 Å². The van der Waals surface area contributed by atoms with E-state index in [9.17, 15) is 4.79 Å². The normalized spacial score (nSPS) is 10.9. The van der Waals surface area contributed by atoms with Gasteiger partial charge in [0.05, 0.1) is 10.6 Å². The maximum absolute atomic E-state index is 12.6. The van der Waals surface area contributed by atoms with Crippen molar-refractivity contribution in [3.05, 3.63) is 81.8 Å². The van der Waals surface area contributed by atoms with E-state index in [1.807, 2.05) is 49.4 Å². The average molecular weight is 397 g/mol. The van der Waals surface area contributed by atoms with Gasteiger partial charge in [-0.25, -0.2) is 4.98 Å². The monoisotopic (exact) mass is 396 g/mol. The number of para-hydroxylation sites is 2. The maximum atomic E-state index is 12.6. The van der Waals surface area contributed by atoms with Gasteiger partial charge >= 0.3 is 0 Å². The molecule has 6 heteroatoms. The third-order valence-electron chi connectivity index (χ3n) is 4.20. The van der Waals surface area contributed by atoms with Crippen molar-refractivity contribution < 1.29 is 9.21 Å². The molecule has 1 aromatic heterocycles. The molecular weight excluding hydrogens is 383 g/mol. The van der Waals surface area contributed by atoms with Crippen LogP contribution in [-0.4, -0.2) is 10.9 Å². The first kappa shape index (κ1) is 17.6. The summed E-state index contributed by atoms with van der Waals surface area (Å²) in [5.41, 5.74) is 4.13. The lowest BCUT2D eigenvalue weighted by Gasteiger charge is -2.11. The van der Waals surface area contributed by atoms with E-state index in [1.165, 1.54) is 0 Å². The SMILES string of the molecule is Cc1ccc(-c2nc3ccccc3o2)cc1NC(=O)c1cc(Cl)ccc1Cl. The molecule has 0 spiro atoms. The Morgan fingerprint density at radius 2 is 1.85 bits per heavy atom. The second kappa shape index (κ2) is 7.06. The minimum atomic E-state index is -0.333. The Hall–Kier alpha value is -2.82. The lowest BCUT2D eigenvalue weighted by molar-refractivity contribution is 0.102. The number of amides is 1. The lowest BCUT2D eigenvalue weighted by atomic mass is 10.1. The van der Waals surface area contributed by atoms with Crippen molar-refractivity contribution in [3.8, 4) is 11.5 Å². The number of aryl methyl sites for hydroxylation is 1. The first-order chi connectivity index (χ1) is 13.0. The molecule has 0 saturated heterocycles. The molecule has 1 heterocycles. The van der Waals surface area contributed by atoms with Crippen LogP contribution in [0.15, 0.2) is 65.1 Å². The highest BCUT2D eigenvalue weighted by atomic mass is 35.5. The van der Waals surface area contributed by atoms with Crippen LogP contribution in [0.2, 0.25) is 10.0 Å². The second-order valence-corrected chi connectivity index (χ2v) is 6.94. The van der Waals surface area contributed by atoms with E-state index in [4.69, 9.17) is 27.6 Å². The summed E-state index contributed by atoms with van der Waals surface area (Å²) in [5.74, 6) is 0.160. The van der Waals surface area contributed by atoms with Crippen molar-refractivity contribution in [2.24, 2.45) is 0 Å². The van der Waals surface area contributed by atoms with Gasteiger partial charge in [-0.1, -0.05) is 41.4 Å². The van der Waals surface area contributed by atoms with E-state index in [0.717, 1.165) is 16.6 Å². The Morgan fingerprint density at radius 1 is 1.04 bits per heavy atom. The minimum absolute atomic E-state index is 0.316. The van der Waals surface area contributed by atoms with Crippen LogP contribution in [-0.2, 0) is 0 Å². The summed E-state index contributed by atoms with van der Waals surface area (Å²) < 4.78 is 5.81. The zero-order chi connectivity index (χ0) is 19.0. The number of oxazole rings is 1. The van der Waals surface area contributed by atoms with Crippen molar-refractivity contribution in [2.45, 2.75) is 6.92 Å². The fraction of sp³-hybridized carbons (Fsp3) is 0.0476. The maximum Gasteiger partial charge on any atom is 0.257 e. The van der Waals surface area contributed by atoms with E-state index < -0.39 is 0 Å². The van der Waals surface area contributed by atoms with Crippen LogP contribution in [0.3, 0.4) is 0 Å². The highest BCUT2D eigenvalue weighted by Crippen LogP contribution is 2.29. The molecule has 1 amide bonds. The molecule has 134 valence electrons. The molecule has 0 fully saturated rings. The molecule has 0 atom stereocenters. The molecule has 0 bridgehead atoms. The third kappa shape index (κ3) is 3.54. The van der Waals surface area contributed by atoms with Crippen molar-refractivity contribution >= 4 is 45.9 Å². The van der Waals surface area contributed by atoms with Crippen molar-refractivity contribution in [1.82, 2.24) is 4.98 Å². The number of aromatic nitrogens is 1. The standard InChI is InChI=1S/C21H14Cl2N2O2/c1-12-6-7-13(21-25-17-4-2-3-5-19(17)27-21)10-18(12)24-20(26)15-11-14(22)8-9-16(15)23/h2-11H,1H3,(H,24,26). The molecule has 0 radical (unpaired) electrons. The topological polar surface area (TPSA) is 55.1 Å². The first-order valence-electron chi connectivity index (χ1n) is 8.24. The largest absolute Gasteiger partial charge is 0.436 e. The number of hydrogen-bond donors (Lipinski definition) is 1. The minimum Gasteiger partial charge on any atom is -0.436 e. The van der Waals surface area contributed by atoms with Gasteiger partial charge in [0.1, 0.15) is 5.52 Å². The molecule has 4 rings (SSSR count). The Labute approximate surface area is 165 Å². The number of anilines is 1. The molecule has 0 aliphatic carbocycles. The molecule has 0 saturated carbocycles. The van der Waals surface area contributed by atoms with Crippen LogP contribution < -0.4 is 5.32 Å². The van der Waals surface area contributed by atoms with E-state index in [2.05, 4.69) is 10.3 Å². The van der Waals surface area contributed by atoms with Crippen molar-refractivity contribution in [3.63, 3.8) is 0 Å². The average Bonchev–Trinajstić information content (AvgIpc) is 3.09. The molecular formula is C21H14Cl2N2O2. The van der Waals surface area contributed by atoms with Gasteiger partial charge in [-0.2, -0.15) is 0 Å². The number of benzene rings is 3. The molecule has 4 aromatic rings. The molecule has 27 heavy (non-hydrogen) atoms. The van der Waals surface area contributed by atoms with Crippen molar-refractivity contribution in [2.75, 3.05) is 5.32 Å². The number of nitrogens with zero attached hydrogens (tertiary/aromatic N) is 1. The zero-order valence-corrected chi connectivity index (χ0v) is 15.8. The van der Waals surface area contributed by atoms with Gasteiger partial charge in [0, 0.05) is 16.3 Å². The fourth-order valence-corrected chi connectivity index (χ4v) is 3.12. The molecule has 1 N–H and O–H groups in total. The molecule has 0 unspecified atom stereocenters. The van der Waals surface area contributed by atoms with Crippen molar-refractivity contribution in [1.29, 1.82) is 0 Å². The lowest BCUT2D eigenvalue weighted by Crippen LogP contribution is -2.13. The van der Waals surface area contributed by atoms with Crippen LogP contribution in [0, 0.1) is 6.92 Å². The summed E-state index contributed by atoms with van der Waals surface area (Å²) in [6.45, 7) is 1.91. The Kier molecular flexibility index (Phi) is 4.60. The number of halogens is 2. The third-order valence-corrected chi connectivity index (χ3v) is 4.76. The summed E-state index contributed by atoms with van der Waals surface area (Å²) in [4.78, 5) is 17.1. The van der Waals surface area contributed by atoms with Crippen LogP contribution in [0.25, 0.3) is 22.6 Å². The quantitative estimate of drug-likeness (QED) is 0.438. The molecule has 4 nitrogen and oxygen atoms in total. The predicted molar refractivity (Wildman–Crippen MR) is 109 cm³/mol. The van der Waals surface area contributed by atoms with E-state index in [1.54, 1.807) is 18.2 Å². The van der Waals surface area contributed by atoms with E-state index >= 15 is 0 Å². The number of hydrogen-bond acceptors (Lipinski definition) is 3. The zero-order valence-electron chi connectivity index (χ0n) is 14.3. The van der Waals surface area contributed by atoms with Gasteiger partial charge in [-0.3, -0.25) is 4.79 Å². The van der Waals surface area contributed by atoms with Gasteiger partial charge in [-0.05, 0) is 55.0 Å². The predicted octanol–water partition coefficient (Wildman–Crippen LogP) is 6.36. The van der Waals surface area contributed by atoms with E-state index in [0.29, 0.717) is 32.8 Å². The summed E-state index contributed by atoms with van der Waals surface area (Å²) >= 11 is 12.1. The summed E-state index contributed by atoms with van der Waals surface area (Å²) in [6, 6.07) is 18.0. The van der Waals surface area contributed by atoms with Crippen LogP contribution in [0.1, 0.15) is 15.9 Å². The molecule has 3 aromatic carbocycles. The summed E-state index contributed by atoms with van der Waals surface area (Å²) in [5, 5.41) is 3.67. The highest BCUT2D eigenvalue weighted by molar-refractivity contribution is 6.36. The van der Waals surface area contributed by atoms with Gasteiger partial charge in [0.2, 0.25) is 5.89 Å². The highest BCUT2D eigenvalue weighted by Gasteiger charge is 2.14. The first-order valence-corrected chi connectivity index (χ1v) is 9.00. The fourth-order valence-electron chi connectivity index (χ4n) is 2.75. The van der Waals surface area contributed by atoms with Gasteiger partial charge < -0.3 is 9.73 Å². The molecule has 0 aliphatic rings. The van der Waals surface area contributed by atoms with Crippen LogP contribution in [0.4, 0.5) is 5.69 Å². The van der Waals surface area contributed by atoms with Crippen LogP contribution in [0.5, 0.6) is 0 Å². The Morgan fingerprint density at radius 3 is 2.67 bits per heavy atom. The summed E-state index contributed by atoms with van der Waals surface area (Å²) in [7, 11) is 0. The number of rotatable bonds is 3. The van der Waals surface area contributed by atoms with Gasteiger partial charge in [0.15, 0.2) is 5.58 Å². The Bertz CT molecular complexity index is 1140. The van der Waals surface area contributed by atoms with E-state index in [-0.39, 0.29) is 5.91 Å². The number of carbonyl (C=O) groups excluding carboxylic acids is 1. The smallest absolute Gasteiger partial charge is 0.257 e. The number of fused-ring (bicyclic) bond motifs is 1. The number of nitrogens with one attached hydrogen (secondary N) is 1. The Balaban J connectivity index is 1.68. The van der Waals surface area contributed by atoms with Gasteiger partial charge in [-0.15, -0.1) is 0 Å². The van der Waals surface area contributed by atoms with Gasteiger partial charge in [0.25, 0.3) is 5.91 Å².